The highest BCUT2D eigenvalue weighted by molar-refractivity contribution is 5.31. The molecule has 0 aromatic heterocycles. The number of hydrogen-bond acceptors (Lipinski definition) is 2. The van der Waals surface area contributed by atoms with Crippen molar-refractivity contribution in [3.63, 3.8) is 0 Å². The second-order valence-corrected chi connectivity index (χ2v) is 3.31. The molecule has 13 heavy (non-hydrogen) atoms. The van der Waals surface area contributed by atoms with Crippen LogP contribution in [0.15, 0.2) is 18.2 Å². The minimum absolute atomic E-state index is 0.149. The van der Waals surface area contributed by atoms with Gasteiger partial charge < -0.3 is 5.73 Å². The van der Waals surface area contributed by atoms with Crippen molar-refractivity contribution in [2.24, 2.45) is 5.73 Å². The van der Waals surface area contributed by atoms with Crippen LogP contribution in [0.2, 0.25) is 0 Å². The fourth-order valence-electron chi connectivity index (χ4n) is 1.21. The van der Waals surface area contributed by atoms with E-state index >= 15 is 0 Å². The molecule has 0 fully saturated rings. The maximum Gasteiger partial charge on any atom is 0.0641 e. The average Bonchev–Trinajstić information content (AvgIpc) is 2.10. The average molecular weight is 174 g/mol. The molecule has 0 bridgehead atoms. The SMILES string of the molecule is Cc1ccc([C@@H](N)CC#N)cc1C. The molecule has 2 heteroatoms. The number of aryl methyl sites for hydroxylation is 2. The largest absolute Gasteiger partial charge is 0.323 e. The lowest BCUT2D eigenvalue weighted by Crippen LogP contribution is -2.09. The van der Waals surface area contributed by atoms with Gasteiger partial charge in [-0.15, -0.1) is 0 Å². The van der Waals surface area contributed by atoms with E-state index in [4.69, 9.17) is 11.0 Å². The fourth-order valence-corrected chi connectivity index (χ4v) is 1.21. The molecular formula is C11H14N2. The molecule has 0 radical (unpaired) electrons. The quantitative estimate of drug-likeness (QED) is 0.747. The Kier molecular flexibility index (Phi) is 3.05. The zero-order valence-corrected chi connectivity index (χ0v) is 8.04. The zero-order chi connectivity index (χ0) is 9.84. The van der Waals surface area contributed by atoms with Gasteiger partial charge in [-0.3, -0.25) is 0 Å². The molecule has 1 aromatic carbocycles. The molecule has 0 spiro atoms. The summed E-state index contributed by atoms with van der Waals surface area (Å²) in [5.41, 5.74) is 9.33. The van der Waals surface area contributed by atoms with Crippen molar-refractivity contribution in [3.05, 3.63) is 34.9 Å². The first-order chi connectivity index (χ1) is 6.15. The highest BCUT2D eigenvalue weighted by Gasteiger charge is 2.05. The molecule has 1 rings (SSSR count). The molecule has 0 saturated heterocycles. The lowest BCUT2D eigenvalue weighted by molar-refractivity contribution is 0.747. The lowest BCUT2D eigenvalue weighted by atomic mass is 10.0. The van der Waals surface area contributed by atoms with E-state index in [9.17, 15) is 0 Å². The van der Waals surface area contributed by atoms with Crippen molar-refractivity contribution in [3.8, 4) is 6.07 Å². The van der Waals surface area contributed by atoms with Crippen LogP contribution in [0.3, 0.4) is 0 Å². The Morgan fingerprint density at radius 1 is 1.38 bits per heavy atom. The summed E-state index contributed by atoms with van der Waals surface area (Å²) in [7, 11) is 0. The first-order valence-corrected chi connectivity index (χ1v) is 4.35. The number of nitrogens with two attached hydrogens (primary N) is 1. The molecule has 0 aliphatic rings. The molecule has 0 amide bonds. The Morgan fingerprint density at radius 3 is 2.62 bits per heavy atom. The van der Waals surface area contributed by atoms with Crippen LogP contribution in [-0.4, -0.2) is 0 Å². The maximum atomic E-state index is 8.49. The zero-order valence-electron chi connectivity index (χ0n) is 8.04. The van der Waals surface area contributed by atoms with Crippen molar-refractivity contribution in [1.29, 1.82) is 5.26 Å². The van der Waals surface area contributed by atoms with E-state index < -0.39 is 0 Å². The Bertz CT molecular complexity index is 336. The van der Waals surface area contributed by atoms with Crippen LogP contribution in [-0.2, 0) is 0 Å². The minimum atomic E-state index is -0.149. The van der Waals surface area contributed by atoms with Crippen molar-refractivity contribution >= 4 is 0 Å². The number of hydrogen-bond donors (Lipinski definition) is 1. The number of nitriles is 1. The number of benzene rings is 1. The topological polar surface area (TPSA) is 49.8 Å². The molecule has 0 aliphatic heterocycles. The second kappa shape index (κ2) is 4.06. The van der Waals surface area contributed by atoms with Crippen molar-refractivity contribution in [2.45, 2.75) is 26.3 Å². The summed E-state index contributed by atoms with van der Waals surface area (Å²) >= 11 is 0. The fraction of sp³-hybridized carbons (Fsp3) is 0.364. The molecule has 2 N–H and O–H groups in total. The molecule has 0 saturated carbocycles. The van der Waals surface area contributed by atoms with Gasteiger partial charge in [-0.2, -0.15) is 5.26 Å². The van der Waals surface area contributed by atoms with Gasteiger partial charge in [0.15, 0.2) is 0 Å². The standard InChI is InChI=1S/C11H14N2/c1-8-3-4-10(7-9(8)2)11(13)5-6-12/h3-4,7,11H,5,13H2,1-2H3/t11-/m0/s1. The maximum absolute atomic E-state index is 8.49. The normalized spacial score (nSPS) is 12.2. The van der Waals surface area contributed by atoms with E-state index in [-0.39, 0.29) is 6.04 Å². The van der Waals surface area contributed by atoms with E-state index in [0.717, 1.165) is 5.56 Å². The van der Waals surface area contributed by atoms with Gasteiger partial charge >= 0.3 is 0 Å². The Balaban J connectivity index is 2.91. The first-order valence-electron chi connectivity index (χ1n) is 4.35. The molecule has 1 aromatic rings. The Hall–Kier alpha value is -1.33. The summed E-state index contributed by atoms with van der Waals surface area (Å²) in [6, 6.07) is 8.01. The monoisotopic (exact) mass is 174 g/mol. The summed E-state index contributed by atoms with van der Waals surface area (Å²) in [6.07, 6.45) is 0.377. The van der Waals surface area contributed by atoms with Gasteiger partial charge in [0, 0.05) is 6.04 Å². The molecule has 2 nitrogen and oxygen atoms in total. The van der Waals surface area contributed by atoms with Gasteiger partial charge in [-0.05, 0) is 30.5 Å². The van der Waals surface area contributed by atoms with Gasteiger partial charge in [0.25, 0.3) is 0 Å². The summed E-state index contributed by atoms with van der Waals surface area (Å²) in [4.78, 5) is 0. The van der Waals surface area contributed by atoms with Crippen molar-refractivity contribution in [2.75, 3.05) is 0 Å². The number of nitrogens with zero attached hydrogens (tertiary/aromatic N) is 1. The van der Waals surface area contributed by atoms with Crippen LogP contribution in [0.4, 0.5) is 0 Å². The third-order valence-corrected chi connectivity index (χ3v) is 2.27. The second-order valence-electron chi connectivity index (χ2n) is 3.31. The van der Waals surface area contributed by atoms with E-state index in [1.165, 1.54) is 11.1 Å². The Labute approximate surface area is 79.0 Å². The van der Waals surface area contributed by atoms with Crippen LogP contribution in [0.5, 0.6) is 0 Å². The highest BCUT2D eigenvalue weighted by atomic mass is 14.6. The van der Waals surface area contributed by atoms with Gasteiger partial charge in [0.2, 0.25) is 0 Å². The minimum Gasteiger partial charge on any atom is -0.323 e. The first kappa shape index (κ1) is 9.76. The summed E-state index contributed by atoms with van der Waals surface area (Å²) < 4.78 is 0. The third kappa shape index (κ3) is 2.30. The molecule has 1 atom stereocenters. The van der Waals surface area contributed by atoms with Crippen LogP contribution in [0.25, 0.3) is 0 Å². The summed E-state index contributed by atoms with van der Waals surface area (Å²) in [6.45, 7) is 4.12. The third-order valence-electron chi connectivity index (χ3n) is 2.27. The highest BCUT2D eigenvalue weighted by Crippen LogP contribution is 2.17. The van der Waals surface area contributed by atoms with Crippen molar-refractivity contribution < 1.29 is 0 Å². The van der Waals surface area contributed by atoms with Crippen LogP contribution in [0.1, 0.15) is 29.2 Å². The van der Waals surface area contributed by atoms with Gasteiger partial charge in [0.05, 0.1) is 12.5 Å². The van der Waals surface area contributed by atoms with E-state index in [0.29, 0.717) is 6.42 Å². The lowest BCUT2D eigenvalue weighted by Gasteiger charge is -2.09. The molecule has 68 valence electrons. The number of rotatable bonds is 2. The predicted octanol–water partition coefficient (Wildman–Crippen LogP) is 2.22. The Morgan fingerprint density at radius 2 is 2.08 bits per heavy atom. The van der Waals surface area contributed by atoms with E-state index in [2.05, 4.69) is 26.0 Å². The van der Waals surface area contributed by atoms with Gasteiger partial charge in [0.1, 0.15) is 0 Å². The van der Waals surface area contributed by atoms with Crippen LogP contribution >= 0.6 is 0 Å². The van der Waals surface area contributed by atoms with Crippen molar-refractivity contribution in [1.82, 2.24) is 0 Å². The summed E-state index contributed by atoms with van der Waals surface area (Å²) in [5.74, 6) is 0. The van der Waals surface area contributed by atoms with E-state index in [1.54, 1.807) is 0 Å². The van der Waals surface area contributed by atoms with Gasteiger partial charge in [-0.1, -0.05) is 18.2 Å². The van der Waals surface area contributed by atoms with E-state index in [1.807, 2.05) is 12.1 Å². The molecule has 0 aliphatic carbocycles. The van der Waals surface area contributed by atoms with Crippen LogP contribution in [0, 0.1) is 25.2 Å². The molecule has 0 unspecified atom stereocenters. The molecule has 0 heterocycles. The van der Waals surface area contributed by atoms with Gasteiger partial charge in [-0.25, -0.2) is 0 Å². The van der Waals surface area contributed by atoms with Crippen LogP contribution < -0.4 is 5.73 Å². The smallest absolute Gasteiger partial charge is 0.0641 e. The predicted molar refractivity (Wildman–Crippen MR) is 53.1 cm³/mol. The molecular weight excluding hydrogens is 160 g/mol. The summed E-state index contributed by atoms with van der Waals surface area (Å²) in [5, 5.41) is 8.49.